The van der Waals surface area contributed by atoms with Crippen LogP contribution < -0.4 is 0 Å². The summed E-state index contributed by atoms with van der Waals surface area (Å²) in [5, 5.41) is 0. The van der Waals surface area contributed by atoms with Gasteiger partial charge in [0.1, 0.15) is 19.8 Å². The third-order valence-corrected chi connectivity index (χ3v) is 17.4. The number of unbranched alkanes of at least 4 members (excludes halogenated alkanes) is 53. The van der Waals surface area contributed by atoms with E-state index in [0.29, 0.717) is 17.4 Å². The van der Waals surface area contributed by atoms with E-state index in [1.807, 2.05) is 21.1 Å². The molecular formula is C69H139NO8P+. The molecule has 0 aliphatic heterocycles. The van der Waals surface area contributed by atoms with Crippen LogP contribution in [-0.4, -0.2) is 74.9 Å². The van der Waals surface area contributed by atoms with Gasteiger partial charge in [0.2, 0.25) is 0 Å². The average Bonchev–Trinajstić information content (AvgIpc) is 3.41. The van der Waals surface area contributed by atoms with Crippen LogP contribution in [0.1, 0.15) is 380 Å². The van der Waals surface area contributed by atoms with Gasteiger partial charge in [0.25, 0.3) is 0 Å². The fourth-order valence-electron chi connectivity index (χ4n) is 11.0. The Kier molecular flexibility index (Phi) is 60.8. The molecule has 0 aromatic heterocycles. The topological polar surface area (TPSA) is 108 Å². The molecule has 0 rings (SSSR count). The smallest absolute Gasteiger partial charge is 0.462 e. The maximum Gasteiger partial charge on any atom is 0.472 e. The molecule has 1 N–H and O–H groups in total. The van der Waals surface area contributed by atoms with Crippen molar-refractivity contribution in [3.8, 4) is 0 Å². The SMILES string of the molecule is CCCCCCCCCCCCCCCCCCCCCCCCCCCCCCCCCCCCCCCCCC(=O)OC(COC(=O)CCCCCCCCCCCCCCCCCC)COP(=O)(O)OCC[N+](C)(C)C. The van der Waals surface area contributed by atoms with E-state index in [2.05, 4.69) is 13.8 Å². The highest BCUT2D eigenvalue weighted by Crippen LogP contribution is 2.43. The maximum absolute atomic E-state index is 12.9. The maximum atomic E-state index is 12.9. The molecule has 0 aromatic rings. The van der Waals surface area contributed by atoms with E-state index in [0.717, 1.165) is 38.5 Å². The summed E-state index contributed by atoms with van der Waals surface area (Å²) in [5.41, 5.74) is 0. The number of carbonyl (C=O) groups excluding carboxylic acids is 2. The van der Waals surface area contributed by atoms with Gasteiger partial charge in [0, 0.05) is 12.8 Å². The fraction of sp³-hybridized carbons (Fsp3) is 0.971. The highest BCUT2D eigenvalue weighted by Gasteiger charge is 2.27. The average molecular weight is 1140 g/mol. The van der Waals surface area contributed by atoms with Crippen LogP contribution in [0.5, 0.6) is 0 Å². The van der Waals surface area contributed by atoms with E-state index < -0.39 is 26.5 Å². The number of esters is 2. The number of phosphoric ester groups is 1. The van der Waals surface area contributed by atoms with Crippen molar-refractivity contribution in [3.63, 3.8) is 0 Å². The van der Waals surface area contributed by atoms with Gasteiger partial charge < -0.3 is 18.9 Å². The number of hydrogen-bond donors (Lipinski definition) is 1. The molecule has 0 spiro atoms. The molecule has 10 heteroatoms. The highest BCUT2D eigenvalue weighted by molar-refractivity contribution is 7.47. The van der Waals surface area contributed by atoms with E-state index in [9.17, 15) is 19.0 Å². The van der Waals surface area contributed by atoms with Gasteiger partial charge >= 0.3 is 19.8 Å². The Morgan fingerprint density at radius 2 is 0.570 bits per heavy atom. The third kappa shape index (κ3) is 66.0. The Morgan fingerprint density at radius 3 is 0.810 bits per heavy atom. The molecular weight excluding hydrogens is 1000 g/mol. The number of nitrogens with zero attached hydrogens (tertiary/aromatic N) is 1. The lowest BCUT2D eigenvalue weighted by Gasteiger charge is -2.24. The first-order valence-corrected chi connectivity index (χ1v) is 36.8. The van der Waals surface area contributed by atoms with Gasteiger partial charge in [-0.05, 0) is 12.8 Å². The lowest BCUT2D eigenvalue weighted by atomic mass is 10.0. The molecule has 9 nitrogen and oxygen atoms in total. The number of carbonyl (C=O) groups is 2. The Morgan fingerprint density at radius 1 is 0.342 bits per heavy atom. The van der Waals surface area contributed by atoms with Crippen LogP contribution >= 0.6 is 7.82 Å². The lowest BCUT2D eigenvalue weighted by Crippen LogP contribution is -2.37. The molecule has 0 aromatic carbocycles. The summed E-state index contributed by atoms with van der Waals surface area (Å²) < 4.78 is 34.7. The van der Waals surface area contributed by atoms with Crippen molar-refractivity contribution in [2.45, 2.75) is 386 Å². The molecule has 0 amide bonds. The van der Waals surface area contributed by atoms with E-state index in [4.69, 9.17) is 18.5 Å². The lowest BCUT2D eigenvalue weighted by molar-refractivity contribution is -0.870. The van der Waals surface area contributed by atoms with Crippen LogP contribution in [0.2, 0.25) is 0 Å². The van der Waals surface area contributed by atoms with Gasteiger partial charge in [0.15, 0.2) is 6.10 Å². The molecule has 0 aliphatic carbocycles. The summed E-state index contributed by atoms with van der Waals surface area (Å²) in [6.07, 6.45) is 73.8. The molecule has 0 bridgehead atoms. The van der Waals surface area contributed by atoms with E-state index >= 15 is 0 Å². The molecule has 472 valence electrons. The zero-order valence-electron chi connectivity index (χ0n) is 53.9. The van der Waals surface area contributed by atoms with Crippen molar-refractivity contribution in [2.75, 3.05) is 47.5 Å². The fourth-order valence-corrected chi connectivity index (χ4v) is 11.7. The minimum atomic E-state index is -4.38. The monoisotopic (exact) mass is 1140 g/mol. The second-order valence-electron chi connectivity index (χ2n) is 25.6. The summed E-state index contributed by atoms with van der Waals surface area (Å²) in [6, 6.07) is 0. The summed E-state index contributed by atoms with van der Waals surface area (Å²) >= 11 is 0. The Labute approximate surface area is 493 Å². The van der Waals surface area contributed by atoms with Crippen molar-refractivity contribution >= 4 is 19.8 Å². The molecule has 0 heterocycles. The Balaban J connectivity index is 3.84. The minimum Gasteiger partial charge on any atom is -0.462 e. The van der Waals surface area contributed by atoms with Gasteiger partial charge in [-0.2, -0.15) is 0 Å². The number of likely N-dealkylation sites (N-methyl/N-ethyl adjacent to an activating group) is 1. The predicted octanol–water partition coefficient (Wildman–Crippen LogP) is 22.6. The molecule has 0 fully saturated rings. The van der Waals surface area contributed by atoms with Crippen molar-refractivity contribution in [2.24, 2.45) is 0 Å². The van der Waals surface area contributed by atoms with Crippen molar-refractivity contribution < 1.29 is 42.1 Å². The molecule has 2 atom stereocenters. The van der Waals surface area contributed by atoms with Crippen LogP contribution in [0.25, 0.3) is 0 Å². The normalized spacial score (nSPS) is 13.0. The molecule has 0 saturated carbocycles. The van der Waals surface area contributed by atoms with Gasteiger partial charge in [-0.15, -0.1) is 0 Å². The molecule has 0 saturated heterocycles. The summed E-state index contributed by atoms with van der Waals surface area (Å²) in [5.74, 6) is -0.771. The van der Waals surface area contributed by atoms with Crippen LogP contribution in [0.15, 0.2) is 0 Å². The quantitative estimate of drug-likeness (QED) is 0.0278. The first-order chi connectivity index (χ1) is 38.5. The molecule has 0 radical (unpaired) electrons. The number of hydrogen-bond acceptors (Lipinski definition) is 7. The summed E-state index contributed by atoms with van der Waals surface area (Å²) in [6.45, 7) is 4.52. The van der Waals surface area contributed by atoms with Crippen LogP contribution in [0.3, 0.4) is 0 Å². The van der Waals surface area contributed by atoms with E-state index in [1.54, 1.807) is 0 Å². The Bertz CT molecular complexity index is 1290. The van der Waals surface area contributed by atoms with Crippen molar-refractivity contribution in [1.82, 2.24) is 0 Å². The van der Waals surface area contributed by atoms with Crippen molar-refractivity contribution in [1.29, 1.82) is 0 Å². The number of ether oxygens (including phenoxy) is 2. The van der Waals surface area contributed by atoms with Gasteiger partial charge in [0.05, 0.1) is 27.7 Å². The van der Waals surface area contributed by atoms with Crippen LogP contribution in [0.4, 0.5) is 0 Å². The number of phosphoric acid groups is 1. The minimum absolute atomic E-state index is 0.0375. The standard InChI is InChI=1S/C69H138NO8P/c1-6-8-10-12-14-16-18-20-22-24-25-26-27-28-29-30-31-32-33-34-35-36-37-38-39-40-41-42-43-44-45-46-48-50-52-54-56-58-60-62-69(72)78-67(66-77-79(73,74)76-64-63-70(3,4)5)65-75-68(71)61-59-57-55-53-51-49-47-23-21-19-17-15-13-11-9-7-2/h67H,6-66H2,1-5H3/p+1. The molecule has 0 aliphatic rings. The number of quaternary nitrogens is 1. The number of rotatable bonds is 67. The van der Waals surface area contributed by atoms with E-state index in [1.165, 1.54) is 315 Å². The summed E-state index contributed by atoms with van der Waals surface area (Å²) in [7, 11) is 1.51. The largest absolute Gasteiger partial charge is 0.472 e. The van der Waals surface area contributed by atoms with Gasteiger partial charge in [-0.25, -0.2) is 4.57 Å². The zero-order valence-corrected chi connectivity index (χ0v) is 54.8. The molecule has 2 unspecified atom stereocenters. The second-order valence-corrected chi connectivity index (χ2v) is 27.1. The first kappa shape index (κ1) is 78.0. The summed E-state index contributed by atoms with van der Waals surface area (Å²) in [4.78, 5) is 35.8. The zero-order chi connectivity index (χ0) is 57.7. The Hall–Kier alpha value is -0.990. The predicted molar refractivity (Wildman–Crippen MR) is 340 cm³/mol. The van der Waals surface area contributed by atoms with Crippen LogP contribution in [-0.2, 0) is 32.7 Å². The van der Waals surface area contributed by atoms with Gasteiger partial charge in [-0.1, -0.05) is 354 Å². The highest BCUT2D eigenvalue weighted by atomic mass is 31.2. The first-order valence-electron chi connectivity index (χ1n) is 35.3. The third-order valence-electron chi connectivity index (χ3n) is 16.4. The van der Waals surface area contributed by atoms with Gasteiger partial charge in [-0.3, -0.25) is 18.6 Å². The second kappa shape index (κ2) is 61.6. The van der Waals surface area contributed by atoms with Crippen molar-refractivity contribution in [3.05, 3.63) is 0 Å². The molecule has 79 heavy (non-hydrogen) atoms. The van der Waals surface area contributed by atoms with E-state index in [-0.39, 0.29) is 25.6 Å². The van der Waals surface area contributed by atoms with Crippen LogP contribution in [0, 0.1) is 0 Å².